The minimum absolute atomic E-state index is 0.0839. The maximum absolute atomic E-state index is 13.1. The highest BCUT2D eigenvalue weighted by Crippen LogP contribution is 2.34. The van der Waals surface area contributed by atoms with E-state index in [0.717, 1.165) is 28.6 Å². The molecule has 32 heavy (non-hydrogen) atoms. The van der Waals surface area contributed by atoms with Gasteiger partial charge in [0, 0.05) is 11.4 Å². The smallest absolute Gasteiger partial charge is 0.277 e. The Morgan fingerprint density at radius 3 is 2.72 bits per heavy atom. The number of carbonyl (C=O) groups excluding carboxylic acids is 1. The number of aryl methyl sites for hydroxylation is 1. The molecule has 0 bridgehead atoms. The zero-order chi connectivity index (χ0) is 22.1. The zero-order valence-corrected chi connectivity index (χ0v) is 18.5. The molecule has 1 unspecified atom stereocenters. The highest BCUT2D eigenvalue weighted by molar-refractivity contribution is 7.99. The van der Waals surface area contributed by atoms with Crippen LogP contribution in [0.25, 0.3) is 11.5 Å². The second kappa shape index (κ2) is 8.68. The normalized spacial score (nSPS) is 15.9. The van der Waals surface area contributed by atoms with Crippen LogP contribution in [0.5, 0.6) is 0 Å². The van der Waals surface area contributed by atoms with E-state index < -0.39 is 0 Å². The van der Waals surface area contributed by atoms with Crippen LogP contribution in [0, 0.1) is 6.92 Å². The molecule has 8 nitrogen and oxygen atoms in total. The van der Waals surface area contributed by atoms with Gasteiger partial charge in [0.05, 0.1) is 29.6 Å². The second-order valence-corrected chi connectivity index (χ2v) is 8.44. The second-order valence-electron chi connectivity index (χ2n) is 7.08. The molecule has 1 aliphatic rings. The van der Waals surface area contributed by atoms with Crippen LogP contribution in [0.2, 0.25) is 5.02 Å². The van der Waals surface area contributed by atoms with Gasteiger partial charge in [-0.2, -0.15) is 5.10 Å². The summed E-state index contributed by atoms with van der Waals surface area (Å²) in [5, 5.41) is 15.1. The maximum atomic E-state index is 13.1. The van der Waals surface area contributed by atoms with Gasteiger partial charge in [0.1, 0.15) is 17.6 Å². The molecule has 0 N–H and O–H groups in total. The van der Waals surface area contributed by atoms with E-state index in [1.165, 1.54) is 5.01 Å². The third-order valence-electron chi connectivity index (χ3n) is 5.03. The molecule has 0 aliphatic carbocycles. The van der Waals surface area contributed by atoms with Gasteiger partial charge in [-0.1, -0.05) is 35.5 Å². The molecule has 0 radical (unpaired) electrons. The van der Waals surface area contributed by atoms with Crippen LogP contribution < -0.4 is 0 Å². The Morgan fingerprint density at radius 1 is 1.16 bits per heavy atom. The summed E-state index contributed by atoms with van der Waals surface area (Å²) in [5.41, 5.74) is 2.42. The summed E-state index contributed by atoms with van der Waals surface area (Å²) in [5.74, 6) is 1.60. The lowest BCUT2D eigenvalue weighted by atomic mass is 10.0. The molecule has 162 valence electrons. The number of nitrogens with zero attached hydrogens (tertiary/aromatic N) is 4. The van der Waals surface area contributed by atoms with E-state index in [1.54, 1.807) is 36.8 Å². The zero-order valence-electron chi connectivity index (χ0n) is 16.9. The molecule has 3 aromatic heterocycles. The molecule has 4 aromatic rings. The number of benzene rings is 1. The van der Waals surface area contributed by atoms with Crippen LogP contribution in [0.1, 0.15) is 29.5 Å². The lowest BCUT2D eigenvalue weighted by molar-refractivity contribution is -0.130. The number of carbonyl (C=O) groups is 1. The predicted molar refractivity (Wildman–Crippen MR) is 118 cm³/mol. The highest BCUT2D eigenvalue weighted by Gasteiger charge is 2.35. The Balaban J connectivity index is 1.33. The molecular formula is C22H17ClN4O4S. The quantitative estimate of drug-likeness (QED) is 0.351. The minimum Gasteiger partial charge on any atom is -0.469 e. The summed E-state index contributed by atoms with van der Waals surface area (Å²) in [7, 11) is 0. The number of halogens is 1. The van der Waals surface area contributed by atoms with Gasteiger partial charge in [0.25, 0.3) is 17.0 Å². The number of hydrogen-bond donors (Lipinski definition) is 0. The van der Waals surface area contributed by atoms with Crippen LogP contribution in [-0.4, -0.2) is 32.6 Å². The van der Waals surface area contributed by atoms with Gasteiger partial charge in [-0.3, -0.25) is 4.79 Å². The molecule has 0 spiro atoms. The van der Waals surface area contributed by atoms with Crippen molar-refractivity contribution in [2.45, 2.75) is 24.6 Å². The summed E-state index contributed by atoms with van der Waals surface area (Å²) in [6, 6.07) is 12.5. The first-order chi connectivity index (χ1) is 15.6. The largest absolute Gasteiger partial charge is 0.469 e. The van der Waals surface area contributed by atoms with Gasteiger partial charge < -0.3 is 13.3 Å². The van der Waals surface area contributed by atoms with E-state index in [1.807, 2.05) is 25.1 Å². The van der Waals surface area contributed by atoms with Crippen molar-refractivity contribution in [2.75, 3.05) is 5.75 Å². The van der Waals surface area contributed by atoms with Gasteiger partial charge in [-0.05, 0) is 42.8 Å². The molecule has 5 rings (SSSR count). The van der Waals surface area contributed by atoms with Gasteiger partial charge in [0.15, 0.2) is 0 Å². The molecule has 10 heteroatoms. The SMILES string of the molecule is Cc1occc1-c1nnc(SCC(=O)N2N=C(c3ccc(Cl)cc3)CC2c2ccco2)o1. The Bertz CT molecular complexity index is 1260. The maximum Gasteiger partial charge on any atom is 0.277 e. The van der Waals surface area contributed by atoms with Gasteiger partial charge >= 0.3 is 0 Å². The molecule has 0 saturated heterocycles. The van der Waals surface area contributed by atoms with Crippen molar-refractivity contribution in [1.82, 2.24) is 15.2 Å². The van der Waals surface area contributed by atoms with E-state index in [4.69, 9.17) is 24.9 Å². The Hall–Kier alpha value is -3.30. The first-order valence-electron chi connectivity index (χ1n) is 9.78. The van der Waals surface area contributed by atoms with E-state index >= 15 is 0 Å². The molecule has 0 saturated carbocycles. The molecule has 1 aromatic carbocycles. The molecule has 1 amide bonds. The monoisotopic (exact) mass is 468 g/mol. The van der Waals surface area contributed by atoms with E-state index in [-0.39, 0.29) is 17.7 Å². The number of thioether (sulfide) groups is 1. The molecular weight excluding hydrogens is 452 g/mol. The summed E-state index contributed by atoms with van der Waals surface area (Å²) in [4.78, 5) is 13.1. The number of amides is 1. The van der Waals surface area contributed by atoms with Gasteiger partial charge in [-0.25, -0.2) is 5.01 Å². The third-order valence-corrected chi connectivity index (χ3v) is 6.08. The van der Waals surface area contributed by atoms with Crippen LogP contribution in [0.15, 0.2) is 78.6 Å². The predicted octanol–water partition coefficient (Wildman–Crippen LogP) is 5.35. The van der Waals surface area contributed by atoms with Crippen LogP contribution in [0.3, 0.4) is 0 Å². The Kier molecular flexibility index (Phi) is 5.59. The van der Waals surface area contributed by atoms with E-state index in [0.29, 0.717) is 34.1 Å². The first-order valence-corrected chi connectivity index (χ1v) is 11.1. The van der Waals surface area contributed by atoms with Crippen molar-refractivity contribution in [1.29, 1.82) is 0 Å². The summed E-state index contributed by atoms with van der Waals surface area (Å²) in [6.45, 7) is 1.81. The average molecular weight is 469 g/mol. The van der Waals surface area contributed by atoms with Crippen LogP contribution >= 0.6 is 23.4 Å². The summed E-state index contributed by atoms with van der Waals surface area (Å²) < 4.78 is 16.5. The van der Waals surface area contributed by atoms with E-state index in [2.05, 4.69) is 15.3 Å². The fourth-order valence-corrected chi connectivity index (χ4v) is 4.17. The highest BCUT2D eigenvalue weighted by atomic mass is 35.5. The van der Waals surface area contributed by atoms with Crippen LogP contribution in [0.4, 0.5) is 0 Å². The number of hydrazone groups is 1. The van der Waals surface area contributed by atoms with Gasteiger partial charge in [-0.15, -0.1) is 10.2 Å². The van der Waals surface area contributed by atoms with Crippen molar-refractivity contribution in [3.8, 4) is 11.5 Å². The Labute approximate surface area is 192 Å². The van der Waals surface area contributed by atoms with Crippen molar-refractivity contribution in [3.05, 3.63) is 77.1 Å². The molecule has 1 aliphatic heterocycles. The van der Waals surface area contributed by atoms with E-state index in [9.17, 15) is 4.79 Å². The number of aromatic nitrogens is 2. The van der Waals surface area contributed by atoms with Crippen molar-refractivity contribution >= 4 is 35.0 Å². The molecule has 4 heterocycles. The number of hydrogen-bond acceptors (Lipinski definition) is 8. The number of furan rings is 2. The summed E-state index contributed by atoms with van der Waals surface area (Å²) >= 11 is 7.16. The van der Waals surface area contributed by atoms with Crippen molar-refractivity contribution in [2.24, 2.45) is 5.10 Å². The third kappa shape index (κ3) is 4.09. The van der Waals surface area contributed by atoms with Crippen molar-refractivity contribution < 1.29 is 18.0 Å². The summed E-state index contributed by atoms with van der Waals surface area (Å²) in [6.07, 6.45) is 3.69. The fourth-order valence-electron chi connectivity index (χ4n) is 3.43. The van der Waals surface area contributed by atoms with Gasteiger partial charge in [0.2, 0.25) is 0 Å². The minimum atomic E-state index is -0.324. The Morgan fingerprint density at radius 2 is 2.00 bits per heavy atom. The standard InChI is InChI=1S/C22H17ClN4O4S/c1-13-16(8-10-29-13)21-24-25-22(31-21)32-12-20(28)27-18(19-3-2-9-30-19)11-17(26-27)14-4-6-15(23)7-5-14/h2-10,18H,11-12H2,1H3. The fraction of sp³-hybridized carbons (Fsp3) is 0.182. The first kappa shape index (κ1) is 20.6. The molecule has 1 atom stereocenters. The lowest BCUT2D eigenvalue weighted by Gasteiger charge is -2.19. The number of rotatable bonds is 6. The average Bonchev–Trinajstić information content (AvgIpc) is 3.59. The topological polar surface area (TPSA) is 97.9 Å². The lowest BCUT2D eigenvalue weighted by Crippen LogP contribution is -2.28. The van der Waals surface area contributed by atoms with Crippen molar-refractivity contribution in [3.63, 3.8) is 0 Å². The molecule has 0 fully saturated rings. The van der Waals surface area contributed by atoms with Crippen LogP contribution in [-0.2, 0) is 4.79 Å².